The average molecular weight is 418 g/mol. The van der Waals surface area contributed by atoms with E-state index in [2.05, 4.69) is 16.8 Å². The number of aromatic nitrogens is 1. The highest BCUT2D eigenvalue weighted by Gasteiger charge is 2.34. The Balaban J connectivity index is 2.47. The van der Waals surface area contributed by atoms with Crippen LogP contribution in [-0.4, -0.2) is 81.8 Å². The number of aliphatic hydroxyl groups is 2. The molecular weight excluding hydrogens is 386 g/mol. The molecule has 1 aliphatic heterocycles. The number of carbonyl (C=O) groups is 2. The van der Waals surface area contributed by atoms with Crippen molar-refractivity contribution in [2.75, 3.05) is 26.7 Å². The summed E-state index contributed by atoms with van der Waals surface area (Å²) in [4.78, 5) is 32.8. The predicted molar refractivity (Wildman–Crippen MR) is 112 cm³/mol. The van der Waals surface area contributed by atoms with Gasteiger partial charge in [0, 0.05) is 37.7 Å². The maximum Gasteiger partial charge on any atom is 0.259 e. The summed E-state index contributed by atoms with van der Waals surface area (Å²) >= 11 is 0. The zero-order valence-corrected chi connectivity index (χ0v) is 18.3. The molecule has 2 N–H and O–H groups in total. The molecular formula is C22H31N3O5. The summed E-state index contributed by atoms with van der Waals surface area (Å²) in [7, 11) is 1.73. The molecule has 0 spiro atoms. The predicted octanol–water partition coefficient (Wildman–Crippen LogP) is 0.902. The highest BCUT2D eigenvalue weighted by molar-refractivity contribution is 5.97. The third-order valence-corrected chi connectivity index (χ3v) is 5.13. The Bertz CT molecular complexity index is 830. The Hall–Kier alpha value is -2.63. The number of pyridine rings is 1. The van der Waals surface area contributed by atoms with E-state index in [4.69, 9.17) is 4.74 Å². The zero-order valence-electron chi connectivity index (χ0n) is 18.3. The molecule has 8 heteroatoms. The summed E-state index contributed by atoms with van der Waals surface area (Å²) in [6.07, 6.45) is 0.699. The number of carbonyl (C=O) groups excluding carboxylic acids is 2. The van der Waals surface area contributed by atoms with E-state index in [9.17, 15) is 19.8 Å². The first kappa shape index (κ1) is 23.6. The summed E-state index contributed by atoms with van der Waals surface area (Å²) in [6, 6.07) is 1.19. The minimum atomic E-state index is -0.804. The summed E-state index contributed by atoms with van der Waals surface area (Å²) in [5, 5.41) is 19.1. The topological polar surface area (TPSA) is 103 Å². The van der Waals surface area contributed by atoms with Gasteiger partial charge in [0.15, 0.2) is 0 Å². The van der Waals surface area contributed by atoms with Gasteiger partial charge in [-0.2, -0.15) is 0 Å². The molecule has 0 aromatic carbocycles. The van der Waals surface area contributed by atoms with Crippen molar-refractivity contribution in [2.24, 2.45) is 5.92 Å². The quantitative estimate of drug-likeness (QED) is 0.690. The van der Waals surface area contributed by atoms with Gasteiger partial charge in [0.2, 0.25) is 11.8 Å². The largest absolute Gasteiger partial charge is 0.472 e. The normalized spacial score (nSPS) is 20.6. The van der Waals surface area contributed by atoms with Crippen LogP contribution in [0.15, 0.2) is 12.3 Å². The summed E-state index contributed by atoms with van der Waals surface area (Å²) < 4.78 is 6.11. The number of likely N-dealkylation sites (N-methyl/N-ethyl adjacent to an activating group) is 1. The fraction of sp³-hybridized carbons (Fsp3) is 0.591. The molecule has 4 atom stereocenters. The van der Waals surface area contributed by atoms with Crippen LogP contribution in [0.3, 0.4) is 0 Å². The molecule has 0 aliphatic carbocycles. The number of aliphatic hydroxyl groups excluding tert-OH is 2. The van der Waals surface area contributed by atoms with Crippen molar-refractivity contribution < 1.29 is 24.5 Å². The van der Waals surface area contributed by atoms with Crippen molar-refractivity contribution in [1.29, 1.82) is 0 Å². The number of hydrogen-bond acceptors (Lipinski definition) is 6. The van der Waals surface area contributed by atoms with E-state index in [-0.39, 0.29) is 41.9 Å². The van der Waals surface area contributed by atoms with Crippen molar-refractivity contribution >= 4 is 11.8 Å². The van der Waals surface area contributed by atoms with Gasteiger partial charge in [-0.3, -0.25) is 9.59 Å². The average Bonchev–Trinajstić information content (AvgIpc) is 2.73. The van der Waals surface area contributed by atoms with Crippen molar-refractivity contribution in [3.8, 4) is 17.7 Å². The van der Waals surface area contributed by atoms with Gasteiger partial charge in [0.25, 0.3) is 5.91 Å². The summed E-state index contributed by atoms with van der Waals surface area (Å²) in [6.45, 7) is 7.62. The van der Waals surface area contributed by atoms with Crippen LogP contribution >= 0.6 is 0 Å². The van der Waals surface area contributed by atoms with Gasteiger partial charge >= 0.3 is 0 Å². The number of fused-ring (bicyclic) bond motifs is 1. The van der Waals surface area contributed by atoms with Crippen LogP contribution in [0.1, 0.15) is 50.0 Å². The third-order valence-electron chi connectivity index (χ3n) is 5.13. The van der Waals surface area contributed by atoms with Gasteiger partial charge in [0.05, 0.1) is 19.2 Å². The van der Waals surface area contributed by atoms with Crippen molar-refractivity contribution in [1.82, 2.24) is 14.8 Å². The first-order valence-electron chi connectivity index (χ1n) is 10.2. The summed E-state index contributed by atoms with van der Waals surface area (Å²) in [5.74, 6) is 5.20. The SMILES string of the molecule is CCC(=O)N(C)C[C@H]1Oc2ncc(C#C[C@@H](C)O)cc2C(=O)N([C@H](C)CO)C[C@@H]1C. The minimum Gasteiger partial charge on any atom is -0.472 e. The van der Waals surface area contributed by atoms with Crippen LogP contribution in [0, 0.1) is 17.8 Å². The van der Waals surface area contributed by atoms with Gasteiger partial charge in [0.1, 0.15) is 17.8 Å². The van der Waals surface area contributed by atoms with E-state index < -0.39 is 12.1 Å². The van der Waals surface area contributed by atoms with E-state index in [1.165, 1.54) is 6.20 Å². The molecule has 2 amide bonds. The molecule has 0 bridgehead atoms. The lowest BCUT2D eigenvalue weighted by Gasteiger charge is -2.37. The standard InChI is InChI=1S/C22H31N3O5/c1-6-20(28)24(5)12-19-14(2)11-25(15(3)13-26)22(29)18-9-17(8-7-16(4)27)10-23-21(18)30-19/h9-10,14-16,19,26-27H,6,11-13H2,1-5H3/t14-,15+,16+,19+/m0/s1. The number of rotatable bonds is 5. The van der Waals surface area contributed by atoms with E-state index in [0.717, 1.165) is 0 Å². The van der Waals surface area contributed by atoms with Gasteiger partial charge < -0.3 is 24.7 Å². The lowest BCUT2D eigenvalue weighted by Crippen LogP contribution is -2.50. The third kappa shape index (κ3) is 5.71. The second-order valence-corrected chi connectivity index (χ2v) is 7.77. The van der Waals surface area contributed by atoms with E-state index >= 15 is 0 Å². The van der Waals surface area contributed by atoms with Crippen LogP contribution in [0.2, 0.25) is 0 Å². The van der Waals surface area contributed by atoms with Gasteiger partial charge in [-0.15, -0.1) is 0 Å². The molecule has 0 saturated heterocycles. The van der Waals surface area contributed by atoms with Gasteiger partial charge in [-0.1, -0.05) is 25.7 Å². The molecule has 1 aromatic rings. The fourth-order valence-electron chi connectivity index (χ4n) is 3.22. The Morgan fingerprint density at radius 1 is 1.47 bits per heavy atom. The Kier molecular flexibility index (Phi) is 8.21. The van der Waals surface area contributed by atoms with Gasteiger partial charge in [-0.25, -0.2) is 4.98 Å². The number of ether oxygens (including phenoxy) is 1. The lowest BCUT2D eigenvalue weighted by molar-refractivity contribution is -0.131. The molecule has 1 aliphatic rings. The first-order valence-corrected chi connectivity index (χ1v) is 10.2. The molecule has 30 heavy (non-hydrogen) atoms. The second kappa shape index (κ2) is 10.4. The molecule has 8 nitrogen and oxygen atoms in total. The highest BCUT2D eigenvalue weighted by Crippen LogP contribution is 2.27. The van der Waals surface area contributed by atoms with Crippen LogP contribution in [0.5, 0.6) is 5.88 Å². The smallest absolute Gasteiger partial charge is 0.259 e. The van der Waals surface area contributed by atoms with Crippen molar-refractivity contribution in [3.63, 3.8) is 0 Å². The fourth-order valence-corrected chi connectivity index (χ4v) is 3.22. The molecule has 0 unspecified atom stereocenters. The lowest BCUT2D eigenvalue weighted by atomic mass is 10.00. The second-order valence-electron chi connectivity index (χ2n) is 7.77. The van der Waals surface area contributed by atoms with Crippen molar-refractivity contribution in [2.45, 2.75) is 52.4 Å². The van der Waals surface area contributed by atoms with E-state index in [1.54, 1.807) is 43.7 Å². The maximum absolute atomic E-state index is 13.2. The zero-order chi connectivity index (χ0) is 22.4. The molecule has 1 aromatic heterocycles. The molecule has 2 heterocycles. The van der Waals surface area contributed by atoms with Gasteiger partial charge in [-0.05, 0) is 19.9 Å². The Labute approximate surface area is 177 Å². The maximum atomic E-state index is 13.2. The minimum absolute atomic E-state index is 0.00134. The van der Waals surface area contributed by atoms with Crippen LogP contribution in [0.4, 0.5) is 0 Å². The number of amides is 2. The molecule has 164 valence electrons. The number of nitrogens with zero attached hydrogens (tertiary/aromatic N) is 3. The molecule has 0 radical (unpaired) electrons. The van der Waals surface area contributed by atoms with Crippen LogP contribution in [-0.2, 0) is 4.79 Å². The Morgan fingerprint density at radius 3 is 2.77 bits per heavy atom. The Morgan fingerprint density at radius 2 is 2.17 bits per heavy atom. The highest BCUT2D eigenvalue weighted by atomic mass is 16.5. The summed E-state index contributed by atoms with van der Waals surface area (Å²) in [5.41, 5.74) is 0.723. The monoisotopic (exact) mass is 417 g/mol. The molecule has 2 rings (SSSR count). The molecule has 0 fully saturated rings. The molecule has 0 saturated carbocycles. The van der Waals surface area contributed by atoms with Crippen molar-refractivity contribution in [3.05, 3.63) is 23.4 Å². The van der Waals surface area contributed by atoms with Crippen LogP contribution < -0.4 is 4.74 Å². The van der Waals surface area contributed by atoms with E-state index in [1.807, 2.05) is 6.92 Å². The van der Waals surface area contributed by atoms with E-state index in [0.29, 0.717) is 25.1 Å². The number of hydrogen-bond donors (Lipinski definition) is 2. The van der Waals surface area contributed by atoms with Crippen LogP contribution in [0.25, 0.3) is 0 Å². The first-order chi connectivity index (χ1) is 14.2.